The lowest BCUT2D eigenvalue weighted by Gasteiger charge is -2.28. The molecule has 0 saturated heterocycles. The Labute approximate surface area is 98.6 Å². The van der Waals surface area contributed by atoms with Crippen molar-refractivity contribution in [2.24, 2.45) is 0 Å². The molecule has 0 aromatic carbocycles. The Morgan fingerprint density at radius 2 is 2.00 bits per heavy atom. The molecule has 0 radical (unpaired) electrons. The molecule has 1 rings (SSSR count). The SMILES string of the molecule is CC(C)(C)N(O)C=C1C=C([N+](=O)[O-])C=CC1=O. The number of nitrogens with zero attached hydrogens (tertiary/aromatic N) is 2. The average Bonchev–Trinajstić information content (AvgIpc) is 2.19. The van der Waals surface area contributed by atoms with Crippen molar-refractivity contribution in [2.45, 2.75) is 26.3 Å². The summed E-state index contributed by atoms with van der Waals surface area (Å²) in [6, 6.07) is 0. The van der Waals surface area contributed by atoms with Gasteiger partial charge in [-0.3, -0.25) is 25.2 Å². The normalized spacial score (nSPS) is 18.2. The van der Waals surface area contributed by atoms with E-state index in [2.05, 4.69) is 0 Å². The molecule has 0 atom stereocenters. The van der Waals surface area contributed by atoms with Crippen molar-refractivity contribution in [3.8, 4) is 0 Å². The fraction of sp³-hybridized carbons (Fsp3) is 0.364. The minimum absolute atomic E-state index is 0.0802. The van der Waals surface area contributed by atoms with Crippen LogP contribution >= 0.6 is 0 Å². The first-order valence-electron chi connectivity index (χ1n) is 5.00. The summed E-state index contributed by atoms with van der Waals surface area (Å²) >= 11 is 0. The summed E-state index contributed by atoms with van der Waals surface area (Å²) in [5.41, 5.74) is -0.688. The topological polar surface area (TPSA) is 83.7 Å². The number of hydrogen-bond donors (Lipinski definition) is 1. The van der Waals surface area contributed by atoms with E-state index in [1.807, 2.05) is 0 Å². The van der Waals surface area contributed by atoms with E-state index in [1.54, 1.807) is 20.8 Å². The van der Waals surface area contributed by atoms with Crippen LogP contribution in [0.15, 0.2) is 35.7 Å². The zero-order valence-corrected chi connectivity index (χ0v) is 9.88. The number of rotatable bonds is 2. The quantitative estimate of drug-likeness (QED) is 0.449. The molecule has 17 heavy (non-hydrogen) atoms. The Bertz CT molecular complexity index is 441. The van der Waals surface area contributed by atoms with Crippen LogP contribution in [-0.4, -0.2) is 26.5 Å². The van der Waals surface area contributed by atoms with E-state index in [-0.39, 0.29) is 17.1 Å². The highest BCUT2D eigenvalue weighted by Crippen LogP contribution is 2.17. The lowest BCUT2D eigenvalue weighted by molar-refractivity contribution is -0.419. The second-order valence-corrected chi connectivity index (χ2v) is 4.62. The third-order valence-electron chi connectivity index (χ3n) is 2.15. The van der Waals surface area contributed by atoms with Crippen molar-refractivity contribution in [3.05, 3.63) is 45.8 Å². The maximum absolute atomic E-state index is 11.5. The van der Waals surface area contributed by atoms with Gasteiger partial charge >= 0.3 is 0 Å². The Kier molecular flexibility index (Phi) is 3.47. The van der Waals surface area contributed by atoms with Crippen LogP contribution in [0.5, 0.6) is 0 Å². The molecular weight excluding hydrogens is 224 g/mol. The van der Waals surface area contributed by atoms with E-state index in [1.165, 1.54) is 6.20 Å². The third kappa shape index (κ3) is 3.25. The average molecular weight is 238 g/mol. The summed E-state index contributed by atoms with van der Waals surface area (Å²) in [6.07, 6.45) is 4.57. The third-order valence-corrected chi connectivity index (χ3v) is 2.15. The summed E-state index contributed by atoms with van der Waals surface area (Å²) in [4.78, 5) is 21.4. The molecule has 0 amide bonds. The smallest absolute Gasteiger partial charge is 0.270 e. The highest BCUT2D eigenvalue weighted by Gasteiger charge is 2.21. The van der Waals surface area contributed by atoms with Gasteiger partial charge in [-0.1, -0.05) is 0 Å². The highest BCUT2D eigenvalue weighted by molar-refractivity contribution is 6.07. The molecule has 0 heterocycles. The van der Waals surface area contributed by atoms with E-state index >= 15 is 0 Å². The van der Waals surface area contributed by atoms with E-state index in [0.29, 0.717) is 0 Å². The Morgan fingerprint density at radius 3 is 2.47 bits per heavy atom. The summed E-state index contributed by atoms with van der Waals surface area (Å²) in [5.74, 6) is -0.376. The van der Waals surface area contributed by atoms with E-state index in [0.717, 1.165) is 23.3 Å². The lowest BCUT2D eigenvalue weighted by Crippen LogP contribution is -2.35. The molecule has 0 spiro atoms. The predicted octanol–water partition coefficient (Wildman–Crippen LogP) is 1.66. The molecule has 0 bridgehead atoms. The van der Waals surface area contributed by atoms with Crippen molar-refractivity contribution in [1.82, 2.24) is 5.06 Å². The molecule has 6 nitrogen and oxygen atoms in total. The molecule has 0 saturated carbocycles. The molecule has 92 valence electrons. The first kappa shape index (κ1) is 13.1. The molecule has 0 aromatic rings. The molecule has 0 aliphatic heterocycles. The summed E-state index contributed by atoms with van der Waals surface area (Å²) < 4.78 is 0. The zero-order valence-electron chi connectivity index (χ0n) is 9.88. The summed E-state index contributed by atoms with van der Waals surface area (Å²) in [5, 5.41) is 21.1. The van der Waals surface area contributed by atoms with Gasteiger partial charge in [-0.2, -0.15) is 0 Å². The maximum Gasteiger partial charge on any atom is 0.270 e. The first-order valence-corrected chi connectivity index (χ1v) is 5.00. The van der Waals surface area contributed by atoms with Crippen LogP contribution in [0.4, 0.5) is 0 Å². The van der Waals surface area contributed by atoms with Gasteiger partial charge in [-0.05, 0) is 26.8 Å². The summed E-state index contributed by atoms with van der Waals surface area (Å²) in [7, 11) is 0. The first-order chi connectivity index (χ1) is 7.71. The molecule has 0 aromatic heterocycles. The van der Waals surface area contributed by atoms with Gasteiger partial charge in [-0.25, -0.2) is 0 Å². The Balaban J connectivity index is 3.05. The van der Waals surface area contributed by atoms with Crippen LogP contribution in [0, 0.1) is 10.1 Å². The van der Waals surface area contributed by atoms with Gasteiger partial charge in [0.15, 0.2) is 5.78 Å². The van der Waals surface area contributed by atoms with Gasteiger partial charge in [0.1, 0.15) is 0 Å². The number of carbonyl (C=O) groups is 1. The highest BCUT2D eigenvalue weighted by atomic mass is 16.6. The molecule has 1 aliphatic carbocycles. The number of hydrogen-bond acceptors (Lipinski definition) is 5. The Hall–Kier alpha value is -1.95. The molecule has 1 N–H and O–H groups in total. The van der Waals surface area contributed by atoms with Crippen LogP contribution in [0.1, 0.15) is 20.8 Å². The van der Waals surface area contributed by atoms with Gasteiger partial charge in [-0.15, -0.1) is 0 Å². The number of carbonyl (C=O) groups excluding carboxylic acids is 1. The standard InChI is InChI=1S/C11H14N2O4/c1-11(2,3)12(15)7-8-6-9(13(16)17)4-5-10(8)14/h4-7,15H,1-3H3. The number of nitro groups is 1. The van der Waals surface area contributed by atoms with Crippen LogP contribution < -0.4 is 0 Å². The van der Waals surface area contributed by atoms with E-state index in [4.69, 9.17) is 0 Å². The van der Waals surface area contributed by atoms with Gasteiger partial charge in [0.2, 0.25) is 0 Å². The second-order valence-electron chi connectivity index (χ2n) is 4.62. The monoisotopic (exact) mass is 238 g/mol. The molecular formula is C11H14N2O4. The fourth-order valence-electron chi connectivity index (χ4n) is 1.08. The van der Waals surface area contributed by atoms with Crippen molar-refractivity contribution in [2.75, 3.05) is 0 Å². The van der Waals surface area contributed by atoms with Crippen LogP contribution in [0.3, 0.4) is 0 Å². The number of allylic oxidation sites excluding steroid dienone is 4. The van der Waals surface area contributed by atoms with Gasteiger partial charge in [0.05, 0.1) is 10.5 Å². The second kappa shape index (κ2) is 4.50. The lowest BCUT2D eigenvalue weighted by atomic mass is 10.0. The van der Waals surface area contributed by atoms with Crippen molar-refractivity contribution < 1.29 is 14.9 Å². The molecule has 6 heteroatoms. The van der Waals surface area contributed by atoms with Crippen LogP contribution in [0.25, 0.3) is 0 Å². The molecule has 0 fully saturated rings. The van der Waals surface area contributed by atoms with Crippen molar-refractivity contribution in [3.63, 3.8) is 0 Å². The minimum Gasteiger partial charge on any atom is -0.289 e. The van der Waals surface area contributed by atoms with Crippen LogP contribution in [-0.2, 0) is 4.79 Å². The van der Waals surface area contributed by atoms with Gasteiger partial charge in [0.25, 0.3) is 5.70 Å². The fourth-order valence-corrected chi connectivity index (χ4v) is 1.08. The number of hydroxylamine groups is 2. The largest absolute Gasteiger partial charge is 0.289 e. The molecule has 0 unspecified atom stereocenters. The minimum atomic E-state index is -0.588. The van der Waals surface area contributed by atoms with Gasteiger partial charge < -0.3 is 0 Å². The van der Waals surface area contributed by atoms with Gasteiger partial charge in [0, 0.05) is 23.9 Å². The molecule has 1 aliphatic rings. The van der Waals surface area contributed by atoms with Crippen molar-refractivity contribution in [1.29, 1.82) is 0 Å². The zero-order chi connectivity index (χ0) is 13.2. The maximum atomic E-state index is 11.5. The van der Waals surface area contributed by atoms with E-state index < -0.39 is 10.5 Å². The van der Waals surface area contributed by atoms with Crippen LogP contribution in [0.2, 0.25) is 0 Å². The van der Waals surface area contributed by atoms with E-state index in [9.17, 15) is 20.1 Å². The predicted molar refractivity (Wildman–Crippen MR) is 60.7 cm³/mol. The Morgan fingerprint density at radius 1 is 1.41 bits per heavy atom. The summed E-state index contributed by atoms with van der Waals surface area (Å²) in [6.45, 7) is 5.22. The number of ketones is 1. The van der Waals surface area contributed by atoms with Crippen molar-refractivity contribution >= 4 is 5.78 Å².